The third-order valence-corrected chi connectivity index (χ3v) is 13.7. The summed E-state index contributed by atoms with van der Waals surface area (Å²) in [4.78, 5) is 38.4. The molecule has 0 N–H and O–H groups in total. The maximum Gasteiger partial charge on any atom is 0.306 e. The van der Waals surface area contributed by atoms with Crippen molar-refractivity contribution in [3.8, 4) is 0 Å². The first kappa shape index (κ1) is 77.8. The van der Waals surface area contributed by atoms with Gasteiger partial charge in [0.1, 0.15) is 13.2 Å². The molecule has 0 aliphatic carbocycles. The normalized spacial score (nSPS) is 13.2. The van der Waals surface area contributed by atoms with Gasteiger partial charge in [-0.25, -0.2) is 0 Å². The van der Waals surface area contributed by atoms with Crippen LogP contribution in [-0.2, 0) is 28.6 Å². The van der Waals surface area contributed by atoms with Crippen molar-refractivity contribution in [2.75, 3.05) is 13.2 Å². The number of esters is 3. The fraction of sp³-hybridized carbons (Fsp3) is 0.597. The van der Waals surface area contributed by atoms with E-state index in [4.69, 9.17) is 14.2 Å². The van der Waals surface area contributed by atoms with Crippen molar-refractivity contribution < 1.29 is 28.6 Å². The fourth-order valence-electron chi connectivity index (χ4n) is 8.75. The Hall–Kier alpha value is -5.23. The molecule has 0 amide bonds. The standard InChI is InChI=1S/C77H122O6/c1-4-7-10-13-16-19-22-25-28-31-34-36-38-40-43-46-49-52-55-58-61-64-67-70-76(79)82-73-74(72-81-75(78)69-66-63-60-57-54-51-48-45-42-33-30-27-24-21-18-15-12-9-6-3)83-77(80)71-68-65-62-59-56-53-50-47-44-41-39-37-35-32-29-26-23-20-17-14-11-8-5-2/h7,9-10,12,16,18-19,21,25,27-28,30,32,34-36,40,42-43,45,49,51-52,54,58,60-61,63,74H,4-6,8,11,13-15,17,20,22-24,26,29,31,33,37-39,41,44,46-48,50,53,55-57,59,62,64-73H2,1-3H3/b10-7-,12-9-,19-16-,21-18-,28-25-,30-27-,35-32-,36-34-,43-40-,45-42-,52-49-,54-51-,61-58-,63-60-. The highest BCUT2D eigenvalue weighted by molar-refractivity contribution is 5.71. The van der Waals surface area contributed by atoms with Gasteiger partial charge in [-0.1, -0.05) is 294 Å². The van der Waals surface area contributed by atoms with E-state index >= 15 is 0 Å². The molecule has 0 spiro atoms. The zero-order valence-electron chi connectivity index (χ0n) is 53.4. The Bertz CT molecular complexity index is 1890. The van der Waals surface area contributed by atoms with Crippen molar-refractivity contribution in [3.05, 3.63) is 170 Å². The van der Waals surface area contributed by atoms with Gasteiger partial charge >= 0.3 is 17.9 Å². The average Bonchev–Trinajstić information content (AvgIpc) is 3.49. The summed E-state index contributed by atoms with van der Waals surface area (Å²) in [5, 5.41) is 0. The zero-order chi connectivity index (χ0) is 59.9. The Labute approximate surface area is 511 Å². The monoisotopic (exact) mass is 1140 g/mol. The van der Waals surface area contributed by atoms with Gasteiger partial charge in [0.25, 0.3) is 0 Å². The van der Waals surface area contributed by atoms with Crippen LogP contribution < -0.4 is 0 Å². The van der Waals surface area contributed by atoms with Gasteiger partial charge in [-0.2, -0.15) is 0 Å². The third-order valence-electron chi connectivity index (χ3n) is 13.7. The molecule has 6 nitrogen and oxygen atoms in total. The highest BCUT2D eigenvalue weighted by Gasteiger charge is 2.19. The zero-order valence-corrected chi connectivity index (χ0v) is 53.4. The molecule has 0 rings (SSSR count). The van der Waals surface area contributed by atoms with Crippen molar-refractivity contribution in [2.24, 2.45) is 0 Å². The van der Waals surface area contributed by atoms with Crippen LogP contribution in [0.4, 0.5) is 0 Å². The lowest BCUT2D eigenvalue weighted by Gasteiger charge is -2.18. The Morgan fingerprint density at radius 3 is 0.855 bits per heavy atom. The molecule has 1 atom stereocenters. The lowest BCUT2D eigenvalue weighted by atomic mass is 10.0. The van der Waals surface area contributed by atoms with Crippen LogP contribution >= 0.6 is 0 Å². The Morgan fingerprint density at radius 2 is 0.506 bits per heavy atom. The van der Waals surface area contributed by atoms with Crippen LogP contribution in [0.2, 0.25) is 0 Å². The van der Waals surface area contributed by atoms with Crippen LogP contribution in [0.25, 0.3) is 0 Å². The maximum atomic E-state index is 13.0. The molecule has 0 aromatic heterocycles. The summed E-state index contributed by atoms with van der Waals surface area (Å²) < 4.78 is 16.8. The van der Waals surface area contributed by atoms with Crippen LogP contribution in [0.1, 0.15) is 278 Å². The minimum absolute atomic E-state index is 0.139. The van der Waals surface area contributed by atoms with E-state index in [9.17, 15) is 14.4 Å². The van der Waals surface area contributed by atoms with Crippen molar-refractivity contribution in [1.82, 2.24) is 0 Å². The van der Waals surface area contributed by atoms with Crippen LogP contribution in [-0.4, -0.2) is 37.2 Å². The van der Waals surface area contributed by atoms with E-state index in [-0.39, 0.29) is 44.0 Å². The van der Waals surface area contributed by atoms with Gasteiger partial charge in [-0.15, -0.1) is 0 Å². The predicted octanol–water partition coefficient (Wildman–Crippen LogP) is 23.4. The summed E-state index contributed by atoms with van der Waals surface area (Å²) in [5.41, 5.74) is 0. The van der Waals surface area contributed by atoms with Gasteiger partial charge in [0.05, 0.1) is 0 Å². The van der Waals surface area contributed by atoms with Crippen molar-refractivity contribution in [2.45, 2.75) is 284 Å². The van der Waals surface area contributed by atoms with E-state index in [1.807, 2.05) is 6.08 Å². The number of unbranched alkanes of at least 4 members (excludes halogenated alkanes) is 20. The van der Waals surface area contributed by atoms with Crippen LogP contribution in [0.5, 0.6) is 0 Å². The second-order valence-electron chi connectivity index (χ2n) is 21.6. The summed E-state index contributed by atoms with van der Waals surface area (Å²) in [7, 11) is 0. The molecule has 0 fully saturated rings. The first-order chi connectivity index (χ1) is 41.0. The fourth-order valence-corrected chi connectivity index (χ4v) is 8.75. The lowest BCUT2D eigenvalue weighted by molar-refractivity contribution is -0.166. The number of hydrogen-bond acceptors (Lipinski definition) is 6. The molecule has 1 unspecified atom stereocenters. The number of rotatable bonds is 59. The highest BCUT2D eigenvalue weighted by atomic mass is 16.6. The van der Waals surface area contributed by atoms with Gasteiger partial charge < -0.3 is 14.2 Å². The van der Waals surface area contributed by atoms with E-state index in [0.717, 1.165) is 109 Å². The Kier molecular flexibility index (Phi) is 64.9. The first-order valence-corrected chi connectivity index (χ1v) is 33.6. The minimum Gasteiger partial charge on any atom is -0.462 e. The number of hydrogen-bond donors (Lipinski definition) is 0. The van der Waals surface area contributed by atoms with Gasteiger partial charge in [-0.05, 0) is 135 Å². The number of ether oxygens (including phenoxy) is 3. The van der Waals surface area contributed by atoms with Crippen LogP contribution in [0.15, 0.2) is 170 Å². The van der Waals surface area contributed by atoms with Crippen molar-refractivity contribution in [3.63, 3.8) is 0 Å². The van der Waals surface area contributed by atoms with Gasteiger partial charge in [-0.3, -0.25) is 14.4 Å². The molecule has 0 saturated carbocycles. The predicted molar refractivity (Wildman–Crippen MR) is 361 cm³/mol. The summed E-state index contributed by atoms with van der Waals surface area (Å²) in [6.45, 7) is 6.31. The molecule has 6 heteroatoms. The quantitative estimate of drug-likeness (QED) is 0.0261. The van der Waals surface area contributed by atoms with E-state index < -0.39 is 6.10 Å². The molecule has 0 radical (unpaired) electrons. The molecule has 0 aliphatic heterocycles. The molecule has 0 bridgehead atoms. The SMILES string of the molecule is CC/C=C\C/C=C\C/C=C\C/C=C\C/C=C\C/C=C\C/C=C\CCCC(=O)OCC(COC(=O)CC/C=C\C/C=C\C/C=C\C/C=C\C/C=C\C/C=C\CC)OC(=O)CCCCCCCCCCCCC/C=C\CCCCCCCCCC. The molecule has 0 aromatic carbocycles. The lowest BCUT2D eigenvalue weighted by Crippen LogP contribution is -2.30. The number of carbonyl (C=O) groups is 3. The number of allylic oxidation sites excluding steroid dienone is 28. The van der Waals surface area contributed by atoms with E-state index in [0.29, 0.717) is 19.3 Å². The summed E-state index contributed by atoms with van der Waals surface area (Å²) in [5.74, 6) is -1.08. The molecule has 0 aliphatic rings. The highest BCUT2D eigenvalue weighted by Crippen LogP contribution is 2.15. The Morgan fingerprint density at radius 1 is 0.253 bits per heavy atom. The summed E-state index contributed by atoms with van der Waals surface area (Å²) in [6, 6.07) is 0. The molecule has 83 heavy (non-hydrogen) atoms. The molecule has 0 saturated heterocycles. The van der Waals surface area contributed by atoms with E-state index in [1.54, 1.807) is 0 Å². The minimum atomic E-state index is -0.844. The maximum absolute atomic E-state index is 13.0. The molecular weight excluding hydrogens is 1020 g/mol. The summed E-state index contributed by atoms with van der Waals surface area (Å²) >= 11 is 0. The van der Waals surface area contributed by atoms with Gasteiger partial charge in [0, 0.05) is 19.3 Å². The molecule has 466 valence electrons. The van der Waals surface area contributed by atoms with E-state index in [1.165, 1.54) is 116 Å². The second kappa shape index (κ2) is 69.3. The van der Waals surface area contributed by atoms with Crippen LogP contribution in [0.3, 0.4) is 0 Å². The average molecular weight is 1140 g/mol. The summed E-state index contributed by atoms with van der Waals surface area (Å²) in [6.07, 6.45) is 102. The van der Waals surface area contributed by atoms with E-state index in [2.05, 4.69) is 185 Å². The second-order valence-corrected chi connectivity index (χ2v) is 21.6. The third kappa shape index (κ3) is 67.4. The molecular formula is C77H122O6. The first-order valence-electron chi connectivity index (χ1n) is 33.6. The van der Waals surface area contributed by atoms with Gasteiger partial charge in [0.2, 0.25) is 0 Å². The topological polar surface area (TPSA) is 78.9 Å². The number of carbonyl (C=O) groups excluding carboxylic acids is 3. The molecule has 0 aromatic rings. The van der Waals surface area contributed by atoms with Gasteiger partial charge in [0.15, 0.2) is 6.10 Å². The van der Waals surface area contributed by atoms with Crippen molar-refractivity contribution >= 4 is 17.9 Å². The largest absolute Gasteiger partial charge is 0.462 e. The Balaban J connectivity index is 4.59. The smallest absolute Gasteiger partial charge is 0.306 e. The van der Waals surface area contributed by atoms with Crippen molar-refractivity contribution in [1.29, 1.82) is 0 Å². The molecule has 0 heterocycles. The van der Waals surface area contributed by atoms with Crippen LogP contribution in [0, 0.1) is 0 Å².